The van der Waals surface area contributed by atoms with E-state index in [2.05, 4.69) is 31.2 Å². The molecule has 1 heterocycles. The number of carbonyl (C=O) groups excluding carboxylic acids is 1. The van der Waals surface area contributed by atoms with E-state index in [0.29, 0.717) is 16.8 Å². The molecule has 0 aliphatic rings. The first-order valence-electron chi connectivity index (χ1n) is 5.90. The van der Waals surface area contributed by atoms with Crippen molar-refractivity contribution in [1.29, 1.82) is 0 Å². The number of fused-ring (bicyclic) bond motifs is 1. The van der Waals surface area contributed by atoms with E-state index in [1.54, 1.807) is 13.0 Å². The summed E-state index contributed by atoms with van der Waals surface area (Å²) in [6, 6.07) is 3.59. The summed E-state index contributed by atoms with van der Waals surface area (Å²) >= 11 is 3.45. The molecule has 0 bridgehead atoms. The molecule has 0 aliphatic heterocycles. The maximum atomic E-state index is 11.4. The fourth-order valence-corrected chi connectivity index (χ4v) is 2.16. The van der Waals surface area contributed by atoms with Crippen LogP contribution in [-0.4, -0.2) is 22.7 Å². The van der Waals surface area contributed by atoms with E-state index in [0.717, 1.165) is 22.4 Å². The number of carbonyl (C=O) groups is 1. The van der Waals surface area contributed by atoms with Crippen LogP contribution in [-0.2, 0) is 4.74 Å². The SMILES string of the molecule is CCOC(=O)Nc1ccc2nc(C)c(C)nc2c1Br. The molecule has 1 aromatic carbocycles. The Morgan fingerprint density at radius 1 is 1.32 bits per heavy atom. The fraction of sp³-hybridized carbons (Fsp3) is 0.308. The van der Waals surface area contributed by atoms with Gasteiger partial charge in [-0.05, 0) is 48.8 Å². The Morgan fingerprint density at radius 3 is 2.68 bits per heavy atom. The number of halogens is 1. The number of anilines is 1. The zero-order chi connectivity index (χ0) is 14.0. The molecule has 0 radical (unpaired) electrons. The molecule has 1 amide bonds. The van der Waals surface area contributed by atoms with Crippen LogP contribution in [0, 0.1) is 13.8 Å². The number of benzene rings is 1. The third-order valence-corrected chi connectivity index (χ3v) is 3.50. The van der Waals surface area contributed by atoms with Gasteiger partial charge in [-0.25, -0.2) is 14.8 Å². The first kappa shape index (κ1) is 13.7. The molecule has 100 valence electrons. The maximum absolute atomic E-state index is 11.4. The van der Waals surface area contributed by atoms with Crippen molar-refractivity contribution in [1.82, 2.24) is 9.97 Å². The molecular weight excluding hydrogens is 310 g/mol. The molecule has 1 aromatic heterocycles. The number of hydrogen-bond acceptors (Lipinski definition) is 4. The van der Waals surface area contributed by atoms with Crippen LogP contribution < -0.4 is 5.32 Å². The molecule has 1 N–H and O–H groups in total. The van der Waals surface area contributed by atoms with Gasteiger partial charge in [0.05, 0.1) is 33.7 Å². The molecule has 0 saturated heterocycles. The van der Waals surface area contributed by atoms with Gasteiger partial charge in [0.1, 0.15) is 5.52 Å². The van der Waals surface area contributed by atoms with Crippen molar-refractivity contribution in [3.05, 3.63) is 28.0 Å². The molecule has 5 nitrogen and oxygen atoms in total. The number of aromatic nitrogens is 2. The molecule has 2 rings (SSSR count). The van der Waals surface area contributed by atoms with Crippen molar-refractivity contribution in [3.63, 3.8) is 0 Å². The van der Waals surface area contributed by atoms with Gasteiger partial charge in [0.25, 0.3) is 0 Å². The van der Waals surface area contributed by atoms with Gasteiger partial charge in [-0.2, -0.15) is 0 Å². The molecule has 6 heteroatoms. The van der Waals surface area contributed by atoms with Gasteiger partial charge >= 0.3 is 6.09 Å². The standard InChI is InChI=1S/C13H14BrN3O2/c1-4-19-13(18)17-9-5-6-10-12(11(9)14)16-8(3)7(2)15-10/h5-6H,4H2,1-3H3,(H,17,18). The molecular formula is C13H14BrN3O2. The van der Waals surface area contributed by atoms with Gasteiger partial charge in [-0.3, -0.25) is 5.32 Å². The fourth-order valence-electron chi connectivity index (χ4n) is 1.63. The van der Waals surface area contributed by atoms with Gasteiger partial charge in [0.2, 0.25) is 0 Å². The van der Waals surface area contributed by atoms with Crippen molar-refractivity contribution < 1.29 is 9.53 Å². The number of hydrogen-bond donors (Lipinski definition) is 1. The first-order valence-corrected chi connectivity index (χ1v) is 6.69. The van der Waals surface area contributed by atoms with Crippen molar-refractivity contribution in [3.8, 4) is 0 Å². The summed E-state index contributed by atoms with van der Waals surface area (Å²) in [6.45, 7) is 5.90. The second-order valence-corrected chi connectivity index (χ2v) is 4.83. The van der Waals surface area contributed by atoms with Crippen LogP contribution in [0.5, 0.6) is 0 Å². The molecule has 0 aliphatic carbocycles. The molecule has 0 atom stereocenters. The quantitative estimate of drug-likeness (QED) is 0.917. The Balaban J connectivity index is 2.45. The molecule has 0 spiro atoms. The minimum absolute atomic E-state index is 0.329. The second-order valence-electron chi connectivity index (χ2n) is 4.03. The van der Waals surface area contributed by atoms with Crippen molar-refractivity contribution in [2.45, 2.75) is 20.8 Å². The maximum Gasteiger partial charge on any atom is 0.411 e. The van der Waals surface area contributed by atoms with E-state index in [-0.39, 0.29) is 0 Å². The second kappa shape index (κ2) is 5.52. The zero-order valence-electron chi connectivity index (χ0n) is 11.0. The Kier molecular flexibility index (Phi) is 3.99. The Labute approximate surface area is 119 Å². The third kappa shape index (κ3) is 2.84. The lowest BCUT2D eigenvalue weighted by Gasteiger charge is -2.10. The summed E-state index contributed by atoms with van der Waals surface area (Å²) in [6.07, 6.45) is -0.487. The average molecular weight is 324 g/mol. The monoisotopic (exact) mass is 323 g/mol. The Morgan fingerprint density at radius 2 is 2.00 bits per heavy atom. The van der Waals surface area contributed by atoms with E-state index in [1.165, 1.54) is 0 Å². The minimum Gasteiger partial charge on any atom is -0.450 e. The number of rotatable bonds is 2. The van der Waals surface area contributed by atoms with Crippen LogP contribution in [0.1, 0.15) is 18.3 Å². The summed E-state index contributed by atoms with van der Waals surface area (Å²) in [7, 11) is 0. The van der Waals surface area contributed by atoms with Gasteiger partial charge < -0.3 is 4.74 Å². The van der Waals surface area contributed by atoms with Crippen molar-refractivity contribution in [2.24, 2.45) is 0 Å². The summed E-state index contributed by atoms with van der Waals surface area (Å²) in [4.78, 5) is 20.4. The number of aryl methyl sites for hydroxylation is 2. The summed E-state index contributed by atoms with van der Waals surface area (Å²) < 4.78 is 5.55. The summed E-state index contributed by atoms with van der Waals surface area (Å²) in [5, 5.41) is 2.66. The van der Waals surface area contributed by atoms with E-state index in [9.17, 15) is 4.79 Å². The predicted octanol–water partition coefficient (Wildman–Crippen LogP) is 3.58. The van der Waals surface area contributed by atoms with Crippen LogP contribution in [0.25, 0.3) is 11.0 Å². The highest BCUT2D eigenvalue weighted by Crippen LogP contribution is 2.30. The number of ether oxygens (including phenoxy) is 1. The minimum atomic E-state index is -0.487. The third-order valence-electron chi connectivity index (χ3n) is 2.70. The largest absolute Gasteiger partial charge is 0.450 e. The zero-order valence-corrected chi connectivity index (χ0v) is 12.5. The molecule has 0 unspecified atom stereocenters. The van der Waals surface area contributed by atoms with Crippen LogP contribution in [0.4, 0.5) is 10.5 Å². The number of nitrogens with zero attached hydrogens (tertiary/aromatic N) is 2. The number of nitrogens with one attached hydrogen (secondary N) is 1. The van der Waals surface area contributed by atoms with E-state index in [4.69, 9.17) is 4.74 Å². The molecule has 2 aromatic rings. The van der Waals surface area contributed by atoms with Crippen LogP contribution in [0.3, 0.4) is 0 Å². The number of amides is 1. The first-order chi connectivity index (χ1) is 9.02. The lowest BCUT2D eigenvalue weighted by Crippen LogP contribution is -2.13. The van der Waals surface area contributed by atoms with E-state index in [1.807, 2.05) is 19.9 Å². The highest BCUT2D eigenvalue weighted by atomic mass is 79.9. The highest BCUT2D eigenvalue weighted by molar-refractivity contribution is 9.10. The van der Waals surface area contributed by atoms with Gasteiger partial charge in [-0.1, -0.05) is 0 Å². The smallest absolute Gasteiger partial charge is 0.411 e. The van der Waals surface area contributed by atoms with Crippen LogP contribution in [0.15, 0.2) is 16.6 Å². The molecule has 0 fully saturated rings. The van der Waals surface area contributed by atoms with Crippen LogP contribution in [0.2, 0.25) is 0 Å². The highest BCUT2D eigenvalue weighted by Gasteiger charge is 2.11. The molecule has 0 saturated carbocycles. The average Bonchev–Trinajstić information content (AvgIpc) is 2.36. The van der Waals surface area contributed by atoms with E-state index >= 15 is 0 Å². The van der Waals surface area contributed by atoms with E-state index < -0.39 is 6.09 Å². The van der Waals surface area contributed by atoms with Gasteiger partial charge in [0, 0.05) is 0 Å². The predicted molar refractivity (Wildman–Crippen MR) is 77.4 cm³/mol. The Bertz CT molecular complexity index is 643. The summed E-state index contributed by atoms with van der Waals surface area (Å²) in [5.74, 6) is 0. The topological polar surface area (TPSA) is 64.1 Å². The lowest BCUT2D eigenvalue weighted by molar-refractivity contribution is 0.168. The molecule has 19 heavy (non-hydrogen) atoms. The van der Waals surface area contributed by atoms with Gasteiger partial charge in [-0.15, -0.1) is 0 Å². The normalized spacial score (nSPS) is 10.5. The van der Waals surface area contributed by atoms with Crippen molar-refractivity contribution >= 4 is 38.7 Å². The van der Waals surface area contributed by atoms with Crippen molar-refractivity contribution in [2.75, 3.05) is 11.9 Å². The summed E-state index contributed by atoms with van der Waals surface area (Å²) in [5.41, 5.74) is 3.87. The van der Waals surface area contributed by atoms with Crippen LogP contribution >= 0.6 is 15.9 Å². The Hall–Kier alpha value is -1.69. The lowest BCUT2D eigenvalue weighted by atomic mass is 10.2. The van der Waals surface area contributed by atoms with Gasteiger partial charge in [0.15, 0.2) is 0 Å².